The molecule has 64 valence electrons. The average Bonchev–Trinajstić information content (AvgIpc) is 2.02. The third-order valence-electron chi connectivity index (χ3n) is 2.42. The molecule has 1 unspecified atom stereocenters. The van der Waals surface area contributed by atoms with Gasteiger partial charge >= 0.3 is 0 Å². The molecule has 0 spiro atoms. The molecule has 0 aromatic carbocycles. The van der Waals surface area contributed by atoms with Gasteiger partial charge in [-0.3, -0.25) is 0 Å². The third kappa shape index (κ3) is 0.891. The topological polar surface area (TPSA) is 15.6 Å². The number of nitrogens with zero attached hydrogens (tertiary/aromatic N) is 2. The monoisotopic (exact) mass is 226 g/mol. The van der Waals surface area contributed by atoms with Gasteiger partial charge in [0.05, 0.1) is 4.83 Å². The zero-order valence-corrected chi connectivity index (χ0v) is 8.75. The van der Waals surface area contributed by atoms with E-state index in [9.17, 15) is 0 Å². The van der Waals surface area contributed by atoms with Crippen molar-refractivity contribution < 1.29 is 0 Å². The summed E-state index contributed by atoms with van der Waals surface area (Å²) >= 11 is 3.56. The minimum atomic E-state index is -0.0867. The van der Waals surface area contributed by atoms with E-state index in [1.54, 1.807) is 0 Å². The summed E-state index contributed by atoms with van der Waals surface area (Å²) < 4.78 is 0. The van der Waals surface area contributed by atoms with Crippen molar-refractivity contribution in [1.29, 1.82) is 0 Å². The van der Waals surface area contributed by atoms with Gasteiger partial charge in [-0.2, -0.15) is 0 Å². The van der Waals surface area contributed by atoms with Crippen molar-refractivity contribution in [2.24, 2.45) is 4.99 Å². The molecule has 0 saturated heterocycles. The van der Waals surface area contributed by atoms with E-state index in [1.807, 2.05) is 18.2 Å². The molecule has 0 amide bonds. The lowest BCUT2D eigenvalue weighted by Gasteiger charge is -2.48. The number of alkyl halides is 1. The molecule has 2 heterocycles. The van der Waals surface area contributed by atoms with Crippen molar-refractivity contribution in [1.82, 2.24) is 4.90 Å². The Labute approximate surface area is 80.8 Å². The maximum Gasteiger partial charge on any atom is 0.148 e. The Hall–Kier alpha value is -0.570. The zero-order chi connectivity index (χ0) is 8.77. The molecule has 2 atom stereocenters. The number of halogens is 1. The summed E-state index contributed by atoms with van der Waals surface area (Å²) in [5.74, 6) is 1.06. The van der Waals surface area contributed by atoms with Crippen LogP contribution in [0.5, 0.6) is 0 Å². The van der Waals surface area contributed by atoms with Crippen LogP contribution in [0.25, 0.3) is 0 Å². The molecule has 0 aromatic rings. The Balaban J connectivity index is 2.32. The van der Waals surface area contributed by atoms with E-state index in [-0.39, 0.29) is 5.66 Å². The zero-order valence-electron chi connectivity index (χ0n) is 7.16. The second-order valence-corrected chi connectivity index (χ2v) is 4.62. The number of rotatable bonds is 1. The van der Waals surface area contributed by atoms with E-state index in [0.29, 0.717) is 4.83 Å². The van der Waals surface area contributed by atoms with E-state index < -0.39 is 0 Å². The quantitative estimate of drug-likeness (QED) is 0.627. The van der Waals surface area contributed by atoms with Crippen LogP contribution in [0.4, 0.5) is 0 Å². The van der Waals surface area contributed by atoms with Crippen molar-refractivity contribution in [3.63, 3.8) is 0 Å². The fourth-order valence-electron chi connectivity index (χ4n) is 1.43. The first-order chi connectivity index (χ1) is 5.64. The molecular weight excluding hydrogens is 216 g/mol. The van der Waals surface area contributed by atoms with Gasteiger partial charge in [0, 0.05) is 6.20 Å². The first-order valence-electron chi connectivity index (χ1n) is 4.03. The Morgan fingerprint density at radius 3 is 2.92 bits per heavy atom. The van der Waals surface area contributed by atoms with E-state index in [0.717, 1.165) is 5.84 Å². The molecule has 2 aliphatic heterocycles. The lowest BCUT2D eigenvalue weighted by Crippen LogP contribution is -2.58. The van der Waals surface area contributed by atoms with Crippen LogP contribution in [0.3, 0.4) is 0 Å². The number of amidine groups is 1. The van der Waals surface area contributed by atoms with Gasteiger partial charge < -0.3 is 4.90 Å². The molecular formula is C9H11BrN2. The molecule has 2 nitrogen and oxygen atoms in total. The summed E-state index contributed by atoms with van der Waals surface area (Å²) in [7, 11) is 0. The predicted molar refractivity (Wildman–Crippen MR) is 54.3 cm³/mol. The van der Waals surface area contributed by atoms with Gasteiger partial charge in [-0.05, 0) is 26.0 Å². The van der Waals surface area contributed by atoms with Crippen LogP contribution in [-0.2, 0) is 0 Å². The van der Waals surface area contributed by atoms with Gasteiger partial charge in [0.2, 0.25) is 0 Å². The van der Waals surface area contributed by atoms with Gasteiger partial charge in [0.1, 0.15) is 11.5 Å². The normalized spacial score (nSPS) is 33.9. The lowest BCUT2D eigenvalue weighted by atomic mass is 10.0. The molecule has 0 saturated carbocycles. The van der Waals surface area contributed by atoms with Gasteiger partial charge in [-0.25, -0.2) is 4.99 Å². The van der Waals surface area contributed by atoms with Crippen LogP contribution in [0, 0.1) is 0 Å². The first-order valence-corrected chi connectivity index (χ1v) is 4.94. The molecule has 2 aliphatic rings. The molecule has 0 bridgehead atoms. The Kier molecular flexibility index (Phi) is 1.65. The highest BCUT2D eigenvalue weighted by atomic mass is 79.9. The second kappa shape index (κ2) is 2.46. The van der Waals surface area contributed by atoms with Crippen molar-refractivity contribution in [2.75, 3.05) is 0 Å². The summed E-state index contributed by atoms with van der Waals surface area (Å²) in [6.07, 6.45) is 8.14. The van der Waals surface area contributed by atoms with Crippen LogP contribution in [0.15, 0.2) is 29.4 Å². The summed E-state index contributed by atoms with van der Waals surface area (Å²) in [6.45, 7) is 4.24. The fraction of sp³-hybridized carbons (Fsp3) is 0.444. The SMILES string of the molecule is C[C@H](Br)C1(C)N=C2C=CC=CN21. The molecule has 0 aliphatic carbocycles. The number of allylic oxidation sites excluding steroid dienone is 2. The van der Waals surface area contributed by atoms with Crippen molar-refractivity contribution in [2.45, 2.75) is 24.3 Å². The molecule has 2 rings (SSSR count). The Morgan fingerprint density at radius 2 is 2.33 bits per heavy atom. The minimum absolute atomic E-state index is 0.0867. The third-order valence-corrected chi connectivity index (χ3v) is 3.29. The van der Waals surface area contributed by atoms with Gasteiger partial charge in [-0.15, -0.1) is 0 Å². The van der Waals surface area contributed by atoms with E-state index >= 15 is 0 Å². The Morgan fingerprint density at radius 1 is 1.58 bits per heavy atom. The summed E-state index contributed by atoms with van der Waals surface area (Å²) in [6, 6.07) is 0. The molecule has 0 radical (unpaired) electrons. The van der Waals surface area contributed by atoms with Crippen LogP contribution < -0.4 is 0 Å². The summed E-state index contributed by atoms with van der Waals surface area (Å²) in [4.78, 5) is 7.09. The van der Waals surface area contributed by atoms with Gasteiger partial charge in [0.25, 0.3) is 0 Å². The summed E-state index contributed by atoms with van der Waals surface area (Å²) in [5.41, 5.74) is -0.0867. The van der Waals surface area contributed by atoms with E-state index in [1.165, 1.54) is 0 Å². The smallest absolute Gasteiger partial charge is 0.148 e. The number of hydrogen-bond acceptors (Lipinski definition) is 2. The summed E-state index contributed by atoms with van der Waals surface area (Å²) in [5, 5.41) is 0. The average molecular weight is 227 g/mol. The van der Waals surface area contributed by atoms with Gasteiger partial charge in [-0.1, -0.05) is 22.0 Å². The molecule has 3 heteroatoms. The van der Waals surface area contributed by atoms with Crippen LogP contribution in [0.1, 0.15) is 13.8 Å². The maximum absolute atomic E-state index is 4.53. The highest BCUT2D eigenvalue weighted by Crippen LogP contribution is 2.36. The number of fused-ring (bicyclic) bond motifs is 1. The first kappa shape index (κ1) is 8.05. The molecule has 12 heavy (non-hydrogen) atoms. The van der Waals surface area contributed by atoms with Crippen LogP contribution in [0.2, 0.25) is 0 Å². The minimum Gasteiger partial charge on any atom is -0.307 e. The largest absolute Gasteiger partial charge is 0.307 e. The van der Waals surface area contributed by atoms with E-state index in [4.69, 9.17) is 0 Å². The second-order valence-electron chi connectivity index (χ2n) is 3.25. The molecule has 0 fully saturated rings. The van der Waals surface area contributed by atoms with Gasteiger partial charge in [0.15, 0.2) is 0 Å². The van der Waals surface area contributed by atoms with Crippen LogP contribution >= 0.6 is 15.9 Å². The van der Waals surface area contributed by atoms with Crippen molar-refractivity contribution in [3.05, 3.63) is 24.4 Å². The van der Waals surface area contributed by atoms with Crippen molar-refractivity contribution in [3.8, 4) is 0 Å². The number of hydrogen-bond donors (Lipinski definition) is 0. The maximum atomic E-state index is 4.53. The standard InChI is InChI=1S/C9H11BrN2/c1-7(10)9(2)11-8-5-3-4-6-12(8)9/h3-7H,1-2H3/t7-,9?/m0/s1. The van der Waals surface area contributed by atoms with Crippen LogP contribution in [-0.4, -0.2) is 21.2 Å². The van der Waals surface area contributed by atoms with Crippen molar-refractivity contribution >= 4 is 21.8 Å². The molecule has 0 aromatic heterocycles. The highest BCUT2D eigenvalue weighted by molar-refractivity contribution is 9.09. The number of aliphatic imine (C=N–C) groups is 1. The lowest BCUT2D eigenvalue weighted by molar-refractivity contribution is 0.219. The Bertz CT molecular complexity index is 291. The fourth-order valence-corrected chi connectivity index (χ4v) is 1.75. The highest BCUT2D eigenvalue weighted by Gasteiger charge is 2.44. The van der Waals surface area contributed by atoms with E-state index in [2.05, 4.69) is 45.9 Å². The molecule has 0 N–H and O–H groups in total. The predicted octanol–water partition coefficient (Wildman–Crippen LogP) is 2.28.